The summed E-state index contributed by atoms with van der Waals surface area (Å²) in [6.45, 7) is 17.1. The van der Waals surface area contributed by atoms with E-state index in [0.29, 0.717) is 5.02 Å². The third-order valence-corrected chi connectivity index (χ3v) is 7.76. The van der Waals surface area contributed by atoms with Crippen molar-refractivity contribution in [2.45, 2.75) is 43.4 Å². The number of anilines is 2. The molecule has 3 aromatic rings. The lowest BCUT2D eigenvalue weighted by Gasteiger charge is -2.20. The van der Waals surface area contributed by atoms with Gasteiger partial charge in [0.15, 0.2) is 0 Å². The van der Waals surface area contributed by atoms with Crippen molar-refractivity contribution in [3.63, 3.8) is 0 Å². The first kappa shape index (κ1) is 25.7. The Kier molecular flexibility index (Phi) is 7.03. The van der Waals surface area contributed by atoms with Gasteiger partial charge in [-0.1, -0.05) is 99.6 Å². The van der Waals surface area contributed by atoms with Crippen LogP contribution < -0.4 is 10.6 Å². The molecular formula is C30H31Cl3N2. The predicted molar refractivity (Wildman–Crippen MR) is 154 cm³/mol. The van der Waals surface area contributed by atoms with Gasteiger partial charge < -0.3 is 10.6 Å². The van der Waals surface area contributed by atoms with Crippen molar-refractivity contribution >= 4 is 51.9 Å². The molecule has 4 rings (SSSR count). The average Bonchev–Trinajstić information content (AvgIpc) is 3.37. The Labute approximate surface area is 224 Å². The molecule has 0 heterocycles. The lowest BCUT2D eigenvalue weighted by molar-refractivity contribution is 0.590. The maximum absolute atomic E-state index is 6.67. The fraction of sp³-hybridized carbons (Fsp3) is 0.267. The van der Waals surface area contributed by atoms with Crippen LogP contribution >= 0.6 is 34.8 Å². The monoisotopic (exact) mass is 524 g/mol. The van der Waals surface area contributed by atoms with Crippen molar-refractivity contribution in [1.82, 2.24) is 0 Å². The van der Waals surface area contributed by atoms with Crippen molar-refractivity contribution < 1.29 is 0 Å². The van der Waals surface area contributed by atoms with Crippen molar-refractivity contribution in [2.75, 3.05) is 10.6 Å². The number of alkyl halides is 2. The zero-order valence-corrected chi connectivity index (χ0v) is 22.8. The van der Waals surface area contributed by atoms with E-state index in [1.807, 2.05) is 24.3 Å². The summed E-state index contributed by atoms with van der Waals surface area (Å²) in [6, 6.07) is 22.4. The van der Waals surface area contributed by atoms with Crippen LogP contribution in [0.2, 0.25) is 5.02 Å². The van der Waals surface area contributed by atoms with E-state index in [0.717, 1.165) is 33.9 Å². The van der Waals surface area contributed by atoms with E-state index in [-0.39, 0.29) is 17.3 Å². The second-order valence-corrected chi connectivity index (χ2v) is 12.2. The molecule has 2 N–H and O–H groups in total. The van der Waals surface area contributed by atoms with E-state index in [4.69, 9.17) is 34.8 Å². The molecule has 2 unspecified atom stereocenters. The molecule has 1 aliphatic rings. The molecule has 0 aromatic heterocycles. The SMILES string of the molecule is C=C(Nc1cc(NC(=C)C2C(c3cccc(C)c3)C2(Cl)Cl)ccc1Cl)c1ccc(C(C)(C)C)cc1. The van der Waals surface area contributed by atoms with Crippen LogP contribution in [0.5, 0.6) is 0 Å². The zero-order valence-electron chi connectivity index (χ0n) is 20.6. The Bertz CT molecular complexity index is 1270. The highest BCUT2D eigenvalue weighted by atomic mass is 35.5. The van der Waals surface area contributed by atoms with Gasteiger partial charge in [0.05, 0.1) is 10.7 Å². The number of nitrogens with one attached hydrogen (secondary N) is 2. The van der Waals surface area contributed by atoms with Crippen LogP contribution in [0.4, 0.5) is 11.4 Å². The third kappa shape index (κ3) is 5.56. The number of aryl methyl sites for hydroxylation is 1. The molecule has 3 aromatic carbocycles. The Morgan fingerprint density at radius 2 is 1.60 bits per heavy atom. The minimum atomic E-state index is -0.890. The number of halogens is 3. The first-order valence-corrected chi connectivity index (χ1v) is 12.8. The topological polar surface area (TPSA) is 24.1 Å². The lowest BCUT2D eigenvalue weighted by atomic mass is 9.86. The summed E-state index contributed by atoms with van der Waals surface area (Å²) in [7, 11) is 0. The Morgan fingerprint density at radius 3 is 2.23 bits per heavy atom. The van der Waals surface area contributed by atoms with E-state index in [1.165, 1.54) is 11.1 Å². The molecule has 0 aliphatic heterocycles. The van der Waals surface area contributed by atoms with Gasteiger partial charge in [-0.3, -0.25) is 0 Å². The number of allylic oxidation sites excluding steroid dienone is 1. The van der Waals surface area contributed by atoms with Crippen LogP contribution in [0.3, 0.4) is 0 Å². The van der Waals surface area contributed by atoms with Gasteiger partial charge in [-0.25, -0.2) is 0 Å². The number of benzene rings is 3. The first-order valence-electron chi connectivity index (χ1n) is 11.6. The number of rotatable bonds is 7. The summed E-state index contributed by atoms with van der Waals surface area (Å²) >= 11 is 19.8. The van der Waals surface area contributed by atoms with Crippen LogP contribution in [0.1, 0.15) is 48.9 Å². The fourth-order valence-electron chi connectivity index (χ4n) is 4.41. The average molecular weight is 526 g/mol. The van der Waals surface area contributed by atoms with Crippen LogP contribution in [0.15, 0.2) is 85.6 Å². The number of hydrogen-bond donors (Lipinski definition) is 2. The molecule has 0 radical (unpaired) electrons. The minimum Gasteiger partial charge on any atom is -0.359 e. The summed E-state index contributed by atoms with van der Waals surface area (Å²) in [5.41, 5.74) is 7.81. The quantitative estimate of drug-likeness (QED) is 0.300. The molecule has 35 heavy (non-hydrogen) atoms. The van der Waals surface area contributed by atoms with Gasteiger partial charge >= 0.3 is 0 Å². The highest BCUT2D eigenvalue weighted by Gasteiger charge is 2.65. The van der Waals surface area contributed by atoms with Gasteiger partial charge in [0.2, 0.25) is 0 Å². The smallest absolute Gasteiger partial charge is 0.134 e. The van der Waals surface area contributed by atoms with Crippen molar-refractivity contribution in [2.24, 2.45) is 5.92 Å². The highest BCUT2D eigenvalue weighted by molar-refractivity contribution is 6.52. The van der Waals surface area contributed by atoms with Crippen LogP contribution in [0, 0.1) is 12.8 Å². The Hall–Kier alpha value is -2.39. The summed E-state index contributed by atoms with van der Waals surface area (Å²) in [4.78, 5) is 0. The summed E-state index contributed by atoms with van der Waals surface area (Å²) < 4.78 is -0.890. The van der Waals surface area contributed by atoms with Gasteiger partial charge in [0.1, 0.15) is 4.33 Å². The molecule has 2 nitrogen and oxygen atoms in total. The summed E-state index contributed by atoms with van der Waals surface area (Å²) in [6.07, 6.45) is 0. The van der Waals surface area contributed by atoms with Crippen molar-refractivity contribution in [1.29, 1.82) is 0 Å². The molecule has 2 atom stereocenters. The molecule has 1 aliphatic carbocycles. The largest absolute Gasteiger partial charge is 0.359 e. The van der Waals surface area contributed by atoms with Crippen molar-refractivity contribution in [3.8, 4) is 0 Å². The van der Waals surface area contributed by atoms with Gasteiger partial charge in [0.25, 0.3) is 0 Å². The van der Waals surface area contributed by atoms with Crippen molar-refractivity contribution in [3.05, 3.63) is 113 Å². The fourth-order valence-corrected chi connectivity index (χ4v) is 5.46. The molecule has 0 amide bonds. The minimum absolute atomic E-state index is 0.00789. The molecule has 1 fully saturated rings. The molecule has 1 saturated carbocycles. The van der Waals surface area contributed by atoms with Crippen LogP contribution in [0.25, 0.3) is 5.70 Å². The standard InChI is InChI=1S/C30H31Cl3N2/c1-18-8-7-9-22(16-18)28-27(30(28,32)33)20(3)34-24-14-15-25(31)26(17-24)35-19(2)21-10-12-23(13-11-21)29(4,5)6/h7-17,27-28,34-35H,2-3H2,1,4-6H3. The lowest BCUT2D eigenvalue weighted by Crippen LogP contribution is -2.10. The molecule has 0 spiro atoms. The van der Waals surface area contributed by atoms with Crippen LogP contribution in [-0.2, 0) is 5.41 Å². The second kappa shape index (κ2) is 9.58. The van der Waals surface area contributed by atoms with Gasteiger partial charge in [-0.15, -0.1) is 23.2 Å². The third-order valence-electron chi connectivity index (χ3n) is 6.49. The number of hydrogen-bond acceptors (Lipinski definition) is 2. The zero-order chi connectivity index (χ0) is 25.5. The Balaban J connectivity index is 1.47. The molecular weight excluding hydrogens is 495 g/mol. The van der Waals surface area contributed by atoms with E-state index >= 15 is 0 Å². The maximum Gasteiger partial charge on any atom is 0.134 e. The van der Waals surface area contributed by atoms with E-state index in [9.17, 15) is 0 Å². The highest BCUT2D eigenvalue weighted by Crippen LogP contribution is 2.67. The normalized spacial score (nSPS) is 18.6. The molecule has 182 valence electrons. The second-order valence-electron chi connectivity index (χ2n) is 10.3. The van der Waals surface area contributed by atoms with Gasteiger partial charge in [-0.2, -0.15) is 0 Å². The van der Waals surface area contributed by atoms with Gasteiger partial charge in [0, 0.05) is 28.9 Å². The maximum atomic E-state index is 6.67. The Morgan fingerprint density at radius 1 is 0.914 bits per heavy atom. The van der Waals surface area contributed by atoms with E-state index in [1.54, 1.807) is 0 Å². The predicted octanol–water partition coefficient (Wildman–Crippen LogP) is 9.54. The van der Waals surface area contributed by atoms with Gasteiger partial charge in [-0.05, 0) is 47.2 Å². The van der Waals surface area contributed by atoms with E-state index < -0.39 is 4.33 Å². The molecule has 5 heteroatoms. The van der Waals surface area contributed by atoms with Crippen LogP contribution in [-0.4, -0.2) is 4.33 Å². The van der Waals surface area contributed by atoms with E-state index in [2.05, 4.69) is 94.0 Å². The summed E-state index contributed by atoms with van der Waals surface area (Å²) in [5.74, 6) is -0.109. The first-order chi connectivity index (χ1) is 16.4. The molecule has 0 bridgehead atoms. The summed E-state index contributed by atoms with van der Waals surface area (Å²) in [5, 5.41) is 7.34. The molecule has 0 saturated heterocycles.